The van der Waals surface area contributed by atoms with E-state index in [9.17, 15) is 19.5 Å². The summed E-state index contributed by atoms with van der Waals surface area (Å²) < 4.78 is 5.46. The molecule has 4 aliphatic rings. The van der Waals surface area contributed by atoms with E-state index in [4.69, 9.17) is 4.74 Å². The lowest BCUT2D eigenvalue weighted by Gasteiger charge is -2.58. The lowest BCUT2D eigenvalue weighted by Crippen LogP contribution is -2.56. The molecule has 0 aromatic rings. The quantitative estimate of drug-likeness (QED) is 0.335. The molecule has 0 aromatic heterocycles. The molecule has 0 saturated heterocycles. The number of Topliss-reactive ketones (excluding diaryl/α,β-unsaturated/α-hetero) is 1. The molecule has 2 N–H and O–H groups in total. The first-order valence-corrected chi connectivity index (χ1v) is 15.5. The third-order valence-corrected chi connectivity index (χ3v) is 12.3. The van der Waals surface area contributed by atoms with Gasteiger partial charge in [0.25, 0.3) is 0 Å². The molecule has 0 heterocycles. The first-order valence-electron chi connectivity index (χ1n) is 13.2. The summed E-state index contributed by atoms with van der Waals surface area (Å²) in [6.45, 7) is 11.0. The number of carbonyl (C=O) groups is 3. The van der Waals surface area contributed by atoms with Crippen molar-refractivity contribution in [3.63, 3.8) is 0 Å². The molecule has 3 fully saturated rings. The van der Waals surface area contributed by atoms with E-state index in [1.165, 1.54) is 0 Å². The Morgan fingerprint density at radius 3 is 2.69 bits per heavy atom. The fourth-order valence-corrected chi connectivity index (χ4v) is 9.74. The van der Waals surface area contributed by atoms with Crippen LogP contribution in [0.25, 0.3) is 0 Å². The number of aliphatic hydroxyl groups excluding tert-OH is 1. The van der Waals surface area contributed by atoms with Gasteiger partial charge in [0.2, 0.25) is 0 Å². The van der Waals surface area contributed by atoms with E-state index in [-0.39, 0.29) is 45.6 Å². The fraction of sp³-hybridized carbons (Fsp3) is 0.750. The molecule has 6 nitrogen and oxygen atoms in total. The van der Waals surface area contributed by atoms with Crippen LogP contribution in [0.5, 0.6) is 0 Å². The lowest BCUT2D eigenvalue weighted by molar-refractivity contribution is -0.141. The van der Waals surface area contributed by atoms with Crippen LogP contribution in [0.1, 0.15) is 66.7 Å². The number of carbonyl (C=O) groups excluding carboxylic acids is 3. The molecule has 0 aromatic carbocycles. The van der Waals surface area contributed by atoms with Gasteiger partial charge in [-0.1, -0.05) is 67.9 Å². The van der Waals surface area contributed by atoms with Gasteiger partial charge in [-0.25, -0.2) is 4.79 Å². The molecule has 0 aliphatic heterocycles. The Kier molecular flexibility index (Phi) is 8.09. The number of alkyl carbamates (subject to hydrolysis) is 1. The molecule has 200 valence electrons. The van der Waals surface area contributed by atoms with Crippen molar-refractivity contribution in [3.05, 3.63) is 23.8 Å². The van der Waals surface area contributed by atoms with Crippen LogP contribution in [0.4, 0.5) is 4.79 Å². The van der Waals surface area contributed by atoms with Crippen molar-refractivity contribution in [2.24, 2.45) is 34.5 Å². The Balaban J connectivity index is 1.34. The summed E-state index contributed by atoms with van der Waals surface area (Å²) in [4.78, 5) is 37.4. The fourth-order valence-electron chi connectivity index (χ4n) is 7.56. The van der Waals surface area contributed by atoms with E-state index in [1.807, 2.05) is 6.08 Å². The van der Waals surface area contributed by atoms with Gasteiger partial charge in [-0.3, -0.25) is 9.59 Å². The summed E-state index contributed by atoms with van der Waals surface area (Å²) in [5.41, 5.74) is 0.536. The zero-order valence-corrected chi connectivity index (χ0v) is 23.8. The van der Waals surface area contributed by atoms with Crippen molar-refractivity contribution in [1.29, 1.82) is 0 Å². The molecule has 0 radical (unpaired) electrons. The van der Waals surface area contributed by atoms with Crippen molar-refractivity contribution in [2.45, 2.75) is 77.6 Å². The normalized spacial score (nSPS) is 37.4. The van der Waals surface area contributed by atoms with E-state index >= 15 is 0 Å². The molecule has 8 heteroatoms. The summed E-state index contributed by atoms with van der Waals surface area (Å²) in [6.07, 6.45) is 8.43. The second-order valence-corrected chi connectivity index (χ2v) is 15.7. The van der Waals surface area contributed by atoms with Crippen LogP contribution < -0.4 is 5.32 Å². The Morgan fingerprint density at radius 1 is 1.22 bits per heavy atom. The van der Waals surface area contributed by atoms with Gasteiger partial charge in [0.05, 0.1) is 6.10 Å². The minimum absolute atomic E-state index is 0.0363. The predicted octanol–water partition coefficient (Wildman–Crippen LogP) is 5.36. The van der Waals surface area contributed by atoms with E-state index < -0.39 is 12.2 Å². The second-order valence-electron chi connectivity index (χ2n) is 12.4. The topological polar surface area (TPSA) is 92.7 Å². The highest BCUT2D eigenvalue weighted by atomic mass is 33.1. The lowest BCUT2D eigenvalue weighted by atomic mass is 9.46. The highest BCUT2D eigenvalue weighted by Crippen LogP contribution is 2.66. The van der Waals surface area contributed by atoms with Crippen molar-refractivity contribution in [2.75, 3.05) is 18.9 Å². The number of fused-ring (bicyclic) bond motifs is 5. The molecular formula is C28H41NO5S2. The van der Waals surface area contributed by atoms with Crippen molar-refractivity contribution >= 4 is 39.2 Å². The first-order chi connectivity index (χ1) is 16.8. The average Bonchev–Trinajstić information content (AvgIpc) is 3.13. The number of amides is 1. The van der Waals surface area contributed by atoms with Gasteiger partial charge in [-0.2, -0.15) is 0 Å². The highest BCUT2D eigenvalue weighted by Gasteiger charge is 2.62. The number of nitrogens with one attached hydrogen (secondary N) is 1. The average molecular weight is 536 g/mol. The third kappa shape index (κ3) is 5.46. The minimum atomic E-state index is -0.550. The van der Waals surface area contributed by atoms with Gasteiger partial charge in [-0.05, 0) is 61.5 Å². The van der Waals surface area contributed by atoms with Crippen molar-refractivity contribution in [1.82, 2.24) is 5.32 Å². The van der Waals surface area contributed by atoms with Gasteiger partial charge >= 0.3 is 6.09 Å². The smallest absolute Gasteiger partial charge is 0.407 e. The van der Waals surface area contributed by atoms with Gasteiger partial charge in [0, 0.05) is 34.3 Å². The maximum Gasteiger partial charge on any atom is 0.407 e. The minimum Gasteiger partial charge on any atom is -0.442 e. The molecule has 3 saturated carbocycles. The van der Waals surface area contributed by atoms with Crippen molar-refractivity contribution in [3.8, 4) is 0 Å². The number of allylic oxidation sites excluding steroid dienone is 4. The SMILES string of the molecule is CC(C)(C)SSCCNC(=O)OCC(=O)C1CCC2C3CCC4=CC(=O)C=CC4(C)C3C(O)CC12C. The van der Waals surface area contributed by atoms with Gasteiger partial charge in [0.1, 0.15) is 0 Å². The summed E-state index contributed by atoms with van der Waals surface area (Å²) in [6, 6.07) is 0. The molecule has 4 rings (SSSR count). The molecule has 36 heavy (non-hydrogen) atoms. The molecule has 0 spiro atoms. The summed E-state index contributed by atoms with van der Waals surface area (Å²) >= 11 is 0. The molecule has 7 unspecified atom stereocenters. The Bertz CT molecular complexity index is 956. The van der Waals surface area contributed by atoms with Gasteiger partial charge in [0.15, 0.2) is 18.2 Å². The van der Waals surface area contributed by atoms with Crippen LogP contribution in [0.3, 0.4) is 0 Å². The standard InChI is InChI=1S/C28H41NO5S2/c1-26(2,3)36-35-13-12-29-25(33)34-16-23(32)21-9-8-20-19-7-6-17-14-18(30)10-11-27(17,4)24(19)22(31)15-28(20,21)5/h10-11,14,19-22,24,31H,6-9,12-13,15-16H2,1-5H3,(H,29,33). The summed E-state index contributed by atoms with van der Waals surface area (Å²) in [5.74, 6) is 1.27. The largest absolute Gasteiger partial charge is 0.442 e. The zero-order valence-electron chi connectivity index (χ0n) is 22.2. The number of aliphatic hydroxyl groups is 1. The summed E-state index contributed by atoms with van der Waals surface area (Å²) in [7, 11) is 3.48. The third-order valence-electron chi connectivity index (χ3n) is 8.99. The van der Waals surface area contributed by atoms with Gasteiger partial charge < -0.3 is 15.2 Å². The molecule has 1 amide bonds. The number of hydrogen-bond donors (Lipinski definition) is 2. The Labute approximate surface area is 223 Å². The number of ether oxygens (including phenoxy) is 1. The van der Waals surface area contributed by atoms with Crippen LogP contribution in [-0.4, -0.2) is 52.5 Å². The van der Waals surface area contributed by atoms with Crippen LogP contribution in [-0.2, 0) is 14.3 Å². The summed E-state index contributed by atoms with van der Waals surface area (Å²) in [5, 5.41) is 14.2. The van der Waals surface area contributed by atoms with Crippen LogP contribution in [0, 0.1) is 34.5 Å². The molecule has 0 bridgehead atoms. The van der Waals surface area contributed by atoms with E-state index in [1.54, 1.807) is 33.7 Å². The predicted molar refractivity (Wildman–Crippen MR) is 146 cm³/mol. The number of hydrogen-bond acceptors (Lipinski definition) is 7. The van der Waals surface area contributed by atoms with E-state index in [0.29, 0.717) is 24.8 Å². The molecule has 4 aliphatic carbocycles. The van der Waals surface area contributed by atoms with Crippen LogP contribution in [0.15, 0.2) is 23.8 Å². The maximum atomic E-state index is 13.2. The number of rotatable bonds is 7. The number of ketones is 2. The maximum absolute atomic E-state index is 13.2. The van der Waals surface area contributed by atoms with E-state index in [2.05, 4.69) is 39.9 Å². The highest BCUT2D eigenvalue weighted by molar-refractivity contribution is 8.77. The second kappa shape index (κ2) is 10.5. The van der Waals surface area contributed by atoms with Crippen molar-refractivity contribution < 1.29 is 24.2 Å². The molecular weight excluding hydrogens is 494 g/mol. The van der Waals surface area contributed by atoms with Crippen LogP contribution >= 0.6 is 21.6 Å². The Hall–Kier alpha value is -1.25. The van der Waals surface area contributed by atoms with Gasteiger partial charge in [-0.15, -0.1) is 0 Å². The molecule has 7 atom stereocenters. The Morgan fingerprint density at radius 2 is 1.97 bits per heavy atom. The monoisotopic (exact) mass is 535 g/mol. The first kappa shape index (κ1) is 27.8. The van der Waals surface area contributed by atoms with Crippen LogP contribution in [0.2, 0.25) is 0 Å². The van der Waals surface area contributed by atoms with E-state index in [0.717, 1.165) is 37.0 Å². The zero-order chi connectivity index (χ0) is 26.3.